The van der Waals surface area contributed by atoms with Crippen LogP contribution in [0.1, 0.15) is 48.0 Å². The van der Waals surface area contributed by atoms with Gasteiger partial charge in [0.15, 0.2) is 0 Å². The van der Waals surface area contributed by atoms with E-state index < -0.39 is 5.60 Å². The van der Waals surface area contributed by atoms with Crippen molar-refractivity contribution in [1.82, 2.24) is 10.2 Å². The van der Waals surface area contributed by atoms with Crippen LogP contribution in [0.4, 0.5) is 4.79 Å². The molecule has 1 atom stereocenters. The Morgan fingerprint density at radius 1 is 1.28 bits per heavy atom. The van der Waals surface area contributed by atoms with Crippen LogP contribution >= 0.6 is 0 Å². The summed E-state index contributed by atoms with van der Waals surface area (Å²) in [5, 5.41) is 3.52. The summed E-state index contributed by atoms with van der Waals surface area (Å²) < 4.78 is 5.37. The smallest absolute Gasteiger partial charge is 0.410 e. The van der Waals surface area contributed by atoms with Gasteiger partial charge in [-0.1, -0.05) is 20.8 Å². The molecule has 0 aromatic carbocycles. The van der Waals surface area contributed by atoms with E-state index in [-0.39, 0.29) is 11.5 Å². The molecule has 0 radical (unpaired) electrons. The van der Waals surface area contributed by atoms with Crippen LogP contribution in [-0.2, 0) is 4.74 Å². The lowest BCUT2D eigenvalue weighted by Crippen LogP contribution is -2.40. The van der Waals surface area contributed by atoms with E-state index in [9.17, 15) is 4.79 Å². The van der Waals surface area contributed by atoms with Crippen molar-refractivity contribution in [1.29, 1.82) is 0 Å². The molecule has 0 saturated carbocycles. The average Bonchev–Trinajstić information content (AvgIpc) is 2.58. The molecule has 0 aromatic rings. The van der Waals surface area contributed by atoms with Crippen molar-refractivity contribution in [3.05, 3.63) is 0 Å². The first-order valence-corrected chi connectivity index (χ1v) is 6.78. The number of hydrogen-bond acceptors (Lipinski definition) is 3. The first-order chi connectivity index (χ1) is 8.07. The Labute approximate surface area is 111 Å². The van der Waals surface area contributed by atoms with E-state index in [4.69, 9.17) is 4.74 Å². The van der Waals surface area contributed by atoms with E-state index in [2.05, 4.69) is 26.1 Å². The number of likely N-dealkylation sites (tertiary alicyclic amines) is 1. The molecule has 1 saturated heterocycles. The van der Waals surface area contributed by atoms with Crippen LogP contribution in [-0.4, -0.2) is 42.3 Å². The summed E-state index contributed by atoms with van der Waals surface area (Å²) in [6, 6.07) is 0.400. The van der Waals surface area contributed by atoms with Crippen LogP contribution in [0.3, 0.4) is 0 Å². The van der Waals surface area contributed by atoms with Crippen LogP contribution in [0.25, 0.3) is 0 Å². The average molecular weight is 256 g/mol. The highest BCUT2D eigenvalue weighted by Crippen LogP contribution is 2.17. The van der Waals surface area contributed by atoms with E-state index in [1.165, 1.54) is 0 Å². The highest BCUT2D eigenvalue weighted by Gasteiger charge is 2.29. The van der Waals surface area contributed by atoms with Gasteiger partial charge in [-0.05, 0) is 32.6 Å². The number of rotatable bonds is 2. The quantitative estimate of drug-likeness (QED) is 0.826. The molecular weight excluding hydrogens is 228 g/mol. The normalized spacial score (nSPS) is 21.2. The first kappa shape index (κ1) is 15.3. The molecule has 18 heavy (non-hydrogen) atoms. The summed E-state index contributed by atoms with van der Waals surface area (Å²) >= 11 is 0. The Hall–Kier alpha value is -0.770. The van der Waals surface area contributed by atoms with Gasteiger partial charge in [0.1, 0.15) is 5.60 Å². The van der Waals surface area contributed by atoms with Gasteiger partial charge in [0.2, 0.25) is 0 Å². The minimum atomic E-state index is -0.409. The zero-order chi connectivity index (χ0) is 14.0. The molecule has 0 spiro atoms. The number of hydrogen-bond donors (Lipinski definition) is 1. The number of nitrogens with one attached hydrogen (secondary N) is 1. The molecule has 0 aromatic heterocycles. The number of ether oxygens (including phenoxy) is 1. The zero-order valence-electron chi connectivity index (χ0n) is 12.7. The lowest BCUT2D eigenvalue weighted by atomic mass is 9.96. The largest absolute Gasteiger partial charge is 0.444 e. The van der Waals surface area contributed by atoms with Crippen molar-refractivity contribution in [2.75, 3.05) is 19.6 Å². The van der Waals surface area contributed by atoms with E-state index in [1.807, 2.05) is 20.8 Å². The van der Waals surface area contributed by atoms with Crippen LogP contribution in [0.2, 0.25) is 0 Å². The van der Waals surface area contributed by atoms with Crippen molar-refractivity contribution >= 4 is 6.09 Å². The lowest BCUT2D eigenvalue weighted by Gasteiger charge is -2.25. The van der Waals surface area contributed by atoms with Gasteiger partial charge in [0.25, 0.3) is 0 Å². The Kier molecular flexibility index (Phi) is 4.65. The van der Waals surface area contributed by atoms with Crippen molar-refractivity contribution < 1.29 is 9.53 Å². The summed E-state index contributed by atoms with van der Waals surface area (Å²) in [5.41, 5.74) is -0.132. The summed E-state index contributed by atoms with van der Waals surface area (Å²) in [6.45, 7) is 14.8. The molecule has 1 aliphatic rings. The number of carbonyl (C=O) groups is 1. The predicted molar refractivity (Wildman–Crippen MR) is 73.7 cm³/mol. The zero-order valence-corrected chi connectivity index (χ0v) is 12.7. The van der Waals surface area contributed by atoms with Gasteiger partial charge >= 0.3 is 6.09 Å². The molecule has 1 unspecified atom stereocenters. The molecule has 1 rings (SSSR count). The second-order valence-corrected chi connectivity index (χ2v) is 7.35. The number of carbonyl (C=O) groups excluding carboxylic acids is 1. The summed E-state index contributed by atoms with van der Waals surface area (Å²) in [6.07, 6.45) is 0.817. The molecule has 4 heteroatoms. The Bertz CT molecular complexity index is 289. The van der Waals surface area contributed by atoms with Gasteiger partial charge in [-0.15, -0.1) is 0 Å². The topological polar surface area (TPSA) is 41.6 Å². The number of amides is 1. The summed E-state index contributed by atoms with van der Waals surface area (Å²) in [5.74, 6) is 0. The molecule has 1 aliphatic heterocycles. The Morgan fingerprint density at radius 3 is 2.39 bits per heavy atom. The minimum absolute atomic E-state index is 0.192. The minimum Gasteiger partial charge on any atom is -0.444 e. The second kappa shape index (κ2) is 5.47. The van der Waals surface area contributed by atoms with Gasteiger partial charge in [-0.25, -0.2) is 4.79 Å². The molecular formula is C14H28N2O2. The molecule has 0 bridgehead atoms. The molecule has 0 aliphatic carbocycles. The fourth-order valence-corrected chi connectivity index (χ4v) is 1.87. The van der Waals surface area contributed by atoms with E-state index in [0.717, 1.165) is 26.1 Å². The third-order valence-corrected chi connectivity index (χ3v) is 2.76. The third kappa shape index (κ3) is 5.71. The van der Waals surface area contributed by atoms with Crippen molar-refractivity contribution in [2.45, 2.75) is 59.6 Å². The summed E-state index contributed by atoms with van der Waals surface area (Å²) in [7, 11) is 0. The van der Waals surface area contributed by atoms with Crippen LogP contribution in [0.5, 0.6) is 0 Å². The molecule has 1 heterocycles. The molecule has 4 nitrogen and oxygen atoms in total. The fourth-order valence-electron chi connectivity index (χ4n) is 1.87. The highest BCUT2D eigenvalue weighted by molar-refractivity contribution is 5.68. The van der Waals surface area contributed by atoms with Gasteiger partial charge in [0.05, 0.1) is 0 Å². The van der Waals surface area contributed by atoms with Gasteiger partial charge in [-0.2, -0.15) is 0 Å². The SMILES string of the molecule is CC(C)(C)CNC1CCN(C(=O)OC(C)(C)C)C1. The van der Waals surface area contributed by atoms with E-state index in [1.54, 1.807) is 4.90 Å². The van der Waals surface area contributed by atoms with Crippen LogP contribution in [0.15, 0.2) is 0 Å². The highest BCUT2D eigenvalue weighted by atomic mass is 16.6. The second-order valence-electron chi connectivity index (χ2n) is 7.35. The van der Waals surface area contributed by atoms with Crippen molar-refractivity contribution in [2.24, 2.45) is 5.41 Å². The maximum absolute atomic E-state index is 11.9. The third-order valence-electron chi connectivity index (χ3n) is 2.76. The molecule has 1 amide bonds. The molecule has 1 N–H and O–H groups in total. The maximum Gasteiger partial charge on any atom is 0.410 e. The lowest BCUT2D eigenvalue weighted by molar-refractivity contribution is 0.0290. The van der Waals surface area contributed by atoms with Gasteiger partial charge < -0.3 is 15.0 Å². The fraction of sp³-hybridized carbons (Fsp3) is 0.929. The monoisotopic (exact) mass is 256 g/mol. The Balaban J connectivity index is 2.35. The number of nitrogens with zero attached hydrogens (tertiary/aromatic N) is 1. The van der Waals surface area contributed by atoms with E-state index >= 15 is 0 Å². The van der Waals surface area contributed by atoms with E-state index in [0.29, 0.717) is 6.04 Å². The maximum atomic E-state index is 11.9. The van der Waals surface area contributed by atoms with Crippen LogP contribution in [0, 0.1) is 5.41 Å². The van der Waals surface area contributed by atoms with Crippen molar-refractivity contribution in [3.8, 4) is 0 Å². The van der Waals surface area contributed by atoms with Crippen molar-refractivity contribution in [3.63, 3.8) is 0 Å². The summed E-state index contributed by atoms with van der Waals surface area (Å²) in [4.78, 5) is 13.7. The Morgan fingerprint density at radius 2 is 1.89 bits per heavy atom. The first-order valence-electron chi connectivity index (χ1n) is 6.78. The van der Waals surface area contributed by atoms with Gasteiger partial charge in [-0.3, -0.25) is 0 Å². The van der Waals surface area contributed by atoms with Gasteiger partial charge in [0, 0.05) is 25.7 Å². The molecule has 1 fully saturated rings. The molecule has 106 valence electrons. The standard InChI is InChI=1S/C14H28N2O2/c1-13(2,3)10-15-11-7-8-16(9-11)12(17)18-14(4,5)6/h11,15H,7-10H2,1-6H3. The predicted octanol–water partition coefficient (Wildman–Crippen LogP) is 2.63. The van der Waals surface area contributed by atoms with Crippen LogP contribution < -0.4 is 5.32 Å².